The number of hydrogen-bond acceptors (Lipinski definition) is 5. The van der Waals surface area contributed by atoms with E-state index in [1.807, 2.05) is 12.3 Å². The average Bonchev–Trinajstić information content (AvgIpc) is 3.33. The predicted molar refractivity (Wildman–Crippen MR) is 102 cm³/mol. The maximum atomic E-state index is 12.2. The molecule has 0 radical (unpaired) electrons. The number of nitrogens with zero attached hydrogens (tertiary/aromatic N) is 1. The van der Waals surface area contributed by atoms with Gasteiger partial charge in [-0.2, -0.15) is 0 Å². The van der Waals surface area contributed by atoms with Gasteiger partial charge in [-0.1, -0.05) is 19.8 Å². The van der Waals surface area contributed by atoms with Crippen LogP contribution in [0, 0.1) is 17.8 Å². The molecule has 1 aliphatic rings. The van der Waals surface area contributed by atoms with Crippen molar-refractivity contribution in [1.82, 2.24) is 4.98 Å². The highest BCUT2D eigenvalue weighted by molar-refractivity contribution is 7.93. The highest BCUT2D eigenvalue weighted by Gasteiger charge is 2.25. The van der Waals surface area contributed by atoms with Crippen LogP contribution < -0.4 is 0 Å². The lowest BCUT2D eigenvalue weighted by atomic mass is 9.86. The number of pyridine rings is 1. The number of rotatable bonds is 10. The van der Waals surface area contributed by atoms with Crippen molar-refractivity contribution >= 4 is 28.8 Å². The zero-order chi connectivity index (χ0) is 17.8. The molecule has 136 valence electrons. The summed E-state index contributed by atoms with van der Waals surface area (Å²) >= 11 is 1.34. The molecule has 2 aromatic rings. The van der Waals surface area contributed by atoms with Gasteiger partial charge in [0.25, 0.3) is 0 Å². The van der Waals surface area contributed by atoms with Gasteiger partial charge >= 0.3 is 0 Å². The first-order valence-electron chi connectivity index (χ1n) is 9.10. The number of aryl methyl sites for hydroxylation is 1. The fraction of sp³-hybridized carbons (Fsp3) is 0.600. The molecule has 1 saturated carbocycles. The van der Waals surface area contributed by atoms with Gasteiger partial charge in [0, 0.05) is 36.6 Å². The minimum atomic E-state index is -0.0879. The summed E-state index contributed by atoms with van der Waals surface area (Å²) in [6.07, 6.45) is 9.24. The molecule has 25 heavy (non-hydrogen) atoms. The zero-order valence-electron chi connectivity index (χ0n) is 15.3. The molecule has 0 bridgehead atoms. The Hall–Kier alpha value is -1.33. The summed E-state index contributed by atoms with van der Waals surface area (Å²) in [5.41, 5.74) is 1.83. The SMILES string of the molecule is CSOC[C@H](C)C(Cc1nccc2oc(CCC3CC3)cc12)C(C)=O. The molecule has 2 heterocycles. The Morgan fingerprint density at radius 1 is 1.48 bits per heavy atom. The van der Waals surface area contributed by atoms with Gasteiger partial charge in [-0.05, 0) is 49.4 Å². The van der Waals surface area contributed by atoms with E-state index in [2.05, 4.69) is 18.0 Å². The van der Waals surface area contributed by atoms with Gasteiger partial charge in [-0.25, -0.2) is 0 Å². The quantitative estimate of drug-likeness (QED) is 0.566. The second kappa shape index (κ2) is 8.37. The van der Waals surface area contributed by atoms with E-state index in [1.54, 1.807) is 13.1 Å². The summed E-state index contributed by atoms with van der Waals surface area (Å²) < 4.78 is 11.4. The Labute approximate surface area is 153 Å². The Balaban J connectivity index is 1.77. The molecule has 0 spiro atoms. The van der Waals surface area contributed by atoms with Gasteiger partial charge in [0.05, 0.1) is 12.3 Å². The average molecular weight is 362 g/mol. The van der Waals surface area contributed by atoms with Crippen LogP contribution in [0.5, 0.6) is 0 Å². The first-order chi connectivity index (χ1) is 12.1. The van der Waals surface area contributed by atoms with Crippen LogP contribution in [-0.2, 0) is 21.8 Å². The van der Waals surface area contributed by atoms with E-state index in [0.29, 0.717) is 13.0 Å². The summed E-state index contributed by atoms with van der Waals surface area (Å²) in [5, 5.41) is 1.05. The minimum Gasteiger partial charge on any atom is -0.461 e. The van der Waals surface area contributed by atoms with Crippen LogP contribution in [0.2, 0.25) is 0 Å². The molecule has 1 fully saturated rings. The van der Waals surface area contributed by atoms with Crippen molar-refractivity contribution in [2.45, 2.75) is 46.0 Å². The van der Waals surface area contributed by atoms with Crippen molar-refractivity contribution in [2.24, 2.45) is 17.8 Å². The minimum absolute atomic E-state index is 0.0879. The first-order valence-corrected chi connectivity index (χ1v) is 10.3. The zero-order valence-corrected chi connectivity index (χ0v) is 16.1. The maximum absolute atomic E-state index is 12.2. The van der Waals surface area contributed by atoms with E-state index in [0.717, 1.165) is 34.8 Å². The Morgan fingerprint density at radius 2 is 2.28 bits per heavy atom. The Bertz CT molecular complexity index is 723. The van der Waals surface area contributed by atoms with Gasteiger partial charge in [-0.3, -0.25) is 9.78 Å². The topological polar surface area (TPSA) is 52.3 Å². The van der Waals surface area contributed by atoms with Crippen LogP contribution in [0.3, 0.4) is 0 Å². The second-order valence-corrected chi connectivity index (χ2v) is 7.78. The highest BCUT2D eigenvalue weighted by atomic mass is 32.2. The van der Waals surface area contributed by atoms with Crippen molar-refractivity contribution in [1.29, 1.82) is 0 Å². The number of hydrogen-bond donors (Lipinski definition) is 0. The number of ketones is 1. The first kappa shape index (κ1) is 18.5. The molecule has 1 unspecified atom stereocenters. The molecule has 0 amide bonds. The van der Waals surface area contributed by atoms with Gasteiger partial charge < -0.3 is 8.60 Å². The number of carbonyl (C=O) groups is 1. The molecule has 1 aliphatic carbocycles. The number of aromatic nitrogens is 1. The van der Waals surface area contributed by atoms with Crippen LogP contribution in [0.1, 0.15) is 44.6 Å². The van der Waals surface area contributed by atoms with Crippen LogP contribution >= 0.6 is 12.0 Å². The molecule has 4 nitrogen and oxygen atoms in total. The molecule has 0 aromatic carbocycles. The van der Waals surface area contributed by atoms with Crippen LogP contribution in [0.25, 0.3) is 11.0 Å². The third kappa shape index (κ3) is 4.85. The fourth-order valence-corrected chi connectivity index (χ4v) is 3.71. The second-order valence-electron chi connectivity index (χ2n) is 7.21. The molecular weight excluding hydrogens is 334 g/mol. The lowest BCUT2D eigenvalue weighted by Gasteiger charge is -2.20. The molecule has 2 atom stereocenters. The Morgan fingerprint density at radius 3 is 2.96 bits per heavy atom. The van der Waals surface area contributed by atoms with Gasteiger partial charge in [0.1, 0.15) is 17.1 Å². The standard InChI is InChI=1S/C20H27NO3S/c1-13(12-23-25-3)17(14(2)22)11-19-18-10-16(7-6-15-4-5-15)24-20(18)8-9-21-19/h8-10,13,15,17H,4-7,11-12H2,1-3H3/t13-,17?/m0/s1. The van der Waals surface area contributed by atoms with E-state index >= 15 is 0 Å². The summed E-state index contributed by atoms with van der Waals surface area (Å²) in [7, 11) is 0. The molecule has 0 saturated heterocycles. The summed E-state index contributed by atoms with van der Waals surface area (Å²) in [4.78, 5) is 16.7. The van der Waals surface area contributed by atoms with E-state index < -0.39 is 0 Å². The summed E-state index contributed by atoms with van der Waals surface area (Å²) in [6, 6.07) is 4.04. The largest absolute Gasteiger partial charge is 0.461 e. The Kier molecular flexibility index (Phi) is 6.18. The lowest BCUT2D eigenvalue weighted by molar-refractivity contribution is -0.122. The molecule has 5 heteroatoms. The molecule has 2 aromatic heterocycles. The van der Waals surface area contributed by atoms with Crippen LogP contribution in [-0.4, -0.2) is 23.6 Å². The fourth-order valence-electron chi connectivity index (χ4n) is 3.36. The van der Waals surface area contributed by atoms with Crippen molar-refractivity contribution in [3.63, 3.8) is 0 Å². The van der Waals surface area contributed by atoms with Crippen molar-refractivity contribution in [3.05, 3.63) is 29.8 Å². The van der Waals surface area contributed by atoms with Crippen molar-refractivity contribution < 1.29 is 13.4 Å². The van der Waals surface area contributed by atoms with Crippen molar-refractivity contribution in [2.75, 3.05) is 12.9 Å². The van der Waals surface area contributed by atoms with Gasteiger partial charge in [0.15, 0.2) is 0 Å². The van der Waals surface area contributed by atoms with Gasteiger partial charge in [0.2, 0.25) is 0 Å². The number of Topliss-reactive ketones (excluding diaryl/α,β-unsaturated/α-hetero) is 1. The normalized spacial score (nSPS) is 16.9. The third-order valence-corrected chi connectivity index (χ3v) is 5.52. The number of fused-ring (bicyclic) bond motifs is 1. The molecular formula is C20H27NO3S. The summed E-state index contributed by atoms with van der Waals surface area (Å²) in [5.74, 6) is 2.19. The third-order valence-electron chi connectivity index (χ3n) is 5.15. The molecule has 0 N–H and O–H groups in total. The van der Waals surface area contributed by atoms with Gasteiger partial charge in [-0.15, -0.1) is 0 Å². The number of furan rings is 1. The highest BCUT2D eigenvalue weighted by Crippen LogP contribution is 2.34. The monoisotopic (exact) mass is 361 g/mol. The van der Waals surface area contributed by atoms with E-state index in [9.17, 15) is 4.79 Å². The lowest BCUT2D eigenvalue weighted by Crippen LogP contribution is -2.25. The molecule has 3 rings (SSSR count). The van der Waals surface area contributed by atoms with E-state index in [1.165, 1.54) is 31.3 Å². The van der Waals surface area contributed by atoms with E-state index in [4.69, 9.17) is 8.60 Å². The van der Waals surface area contributed by atoms with Crippen molar-refractivity contribution in [3.8, 4) is 0 Å². The van der Waals surface area contributed by atoms with Crippen LogP contribution in [0.4, 0.5) is 0 Å². The van der Waals surface area contributed by atoms with E-state index in [-0.39, 0.29) is 17.6 Å². The van der Waals surface area contributed by atoms with Crippen LogP contribution in [0.15, 0.2) is 22.7 Å². The molecule has 0 aliphatic heterocycles. The number of carbonyl (C=O) groups excluding carboxylic acids is 1. The maximum Gasteiger partial charge on any atom is 0.137 e. The predicted octanol–water partition coefficient (Wildman–Crippen LogP) is 4.85. The summed E-state index contributed by atoms with van der Waals surface area (Å²) in [6.45, 7) is 4.30. The smallest absolute Gasteiger partial charge is 0.137 e.